The molecule has 4 heterocycles. The molecule has 2 saturated heterocycles. The molecule has 2 bridgehead atoms. The van der Waals surface area contributed by atoms with E-state index in [-0.39, 0.29) is 23.8 Å². The number of ketones is 1. The lowest BCUT2D eigenvalue weighted by atomic mass is 9.78. The fourth-order valence-electron chi connectivity index (χ4n) is 4.88. The molecule has 0 radical (unpaired) electrons. The highest BCUT2D eigenvalue weighted by molar-refractivity contribution is 7.08. The quantitative estimate of drug-likeness (QED) is 0.831. The van der Waals surface area contributed by atoms with Crippen LogP contribution < -0.4 is 4.74 Å². The molecule has 1 aromatic heterocycles. The minimum Gasteiger partial charge on any atom is -0.484 e. The number of para-hydroxylation sites is 1. The lowest BCUT2D eigenvalue weighted by Crippen LogP contribution is -2.52. The Balaban J connectivity index is 1.44. The van der Waals surface area contributed by atoms with Crippen LogP contribution in [0.3, 0.4) is 0 Å². The van der Waals surface area contributed by atoms with Crippen molar-refractivity contribution >= 4 is 23.0 Å². The maximum atomic E-state index is 12.9. The van der Waals surface area contributed by atoms with E-state index in [1.807, 2.05) is 46.0 Å². The smallest absolute Gasteiger partial charge is 0.227 e. The molecule has 0 saturated carbocycles. The summed E-state index contributed by atoms with van der Waals surface area (Å²) in [7, 11) is 0. The second-order valence-corrected chi connectivity index (χ2v) is 8.10. The second-order valence-electron chi connectivity index (χ2n) is 7.32. The van der Waals surface area contributed by atoms with Gasteiger partial charge >= 0.3 is 0 Å². The van der Waals surface area contributed by atoms with Gasteiger partial charge in [-0.15, -0.1) is 0 Å². The molecule has 1 amide bonds. The van der Waals surface area contributed by atoms with Crippen molar-refractivity contribution in [3.05, 3.63) is 52.2 Å². The van der Waals surface area contributed by atoms with Crippen LogP contribution in [0.4, 0.5) is 0 Å². The first kappa shape index (κ1) is 15.1. The number of carbonyl (C=O) groups is 2. The van der Waals surface area contributed by atoms with Gasteiger partial charge in [-0.25, -0.2) is 0 Å². The van der Waals surface area contributed by atoms with Crippen molar-refractivity contribution < 1.29 is 14.3 Å². The molecule has 25 heavy (non-hydrogen) atoms. The standard InChI is InChI=1S/C20H19NO3S/c22-16-11-20(24-17-4-2-1-3-15(16)17)10-14-5-6-18(20)21(14)19(23)9-13-7-8-25-12-13/h1-4,7-8,12,14,18H,5-6,9-11H2/t14-,18-,20-/m1/s1. The maximum Gasteiger partial charge on any atom is 0.227 e. The molecular weight excluding hydrogens is 334 g/mol. The molecule has 0 unspecified atom stereocenters. The Labute approximate surface area is 150 Å². The van der Waals surface area contributed by atoms with Gasteiger partial charge in [-0.2, -0.15) is 11.3 Å². The highest BCUT2D eigenvalue weighted by Crippen LogP contribution is 2.51. The molecule has 5 heteroatoms. The fourth-order valence-corrected chi connectivity index (χ4v) is 5.55. The summed E-state index contributed by atoms with van der Waals surface area (Å²) in [6.07, 6.45) is 3.54. The number of benzene rings is 1. The van der Waals surface area contributed by atoms with Crippen molar-refractivity contribution in [3.63, 3.8) is 0 Å². The van der Waals surface area contributed by atoms with Gasteiger partial charge in [0.15, 0.2) is 5.78 Å². The van der Waals surface area contributed by atoms with Crippen LogP contribution in [0.1, 0.15) is 41.6 Å². The van der Waals surface area contributed by atoms with E-state index in [0.29, 0.717) is 24.2 Å². The van der Waals surface area contributed by atoms with Gasteiger partial charge in [-0.1, -0.05) is 12.1 Å². The van der Waals surface area contributed by atoms with Crippen LogP contribution in [0.2, 0.25) is 0 Å². The predicted octanol–water partition coefficient (Wildman–Crippen LogP) is 3.46. The number of rotatable bonds is 2. The first-order chi connectivity index (χ1) is 12.2. The summed E-state index contributed by atoms with van der Waals surface area (Å²) < 4.78 is 6.39. The van der Waals surface area contributed by atoms with Crippen LogP contribution in [-0.4, -0.2) is 34.3 Å². The minimum absolute atomic E-state index is 0.0148. The van der Waals surface area contributed by atoms with E-state index in [4.69, 9.17) is 4.74 Å². The molecule has 1 aromatic carbocycles. The summed E-state index contributed by atoms with van der Waals surface area (Å²) in [6, 6.07) is 9.70. The van der Waals surface area contributed by atoms with Crippen molar-refractivity contribution in [2.75, 3.05) is 0 Å². The van der Waals surface area contributed by atoms with Gasteiger partial charge in [0.1, 0.15) is 11.4 Å². The van der Waals surface area contributed by atoms with Gasteiger partial charge in [0.2, 0.25) is 5.91 Å². The molecule has 3 atom stereocenters. The Morgan fingerprint density at radius 3 is 3.00 bits per heavy atom. The topological polar surface area (TPSA) is 46.6 Å². The van der Waals surface area contributed by atoms with E-state index in [2.05, 4.69) is 0 Å². The second kappa shape index (κ2) is 5.43. The maximum absolute atomic E-state index is 12.9. The number of Topliss-reactive ketones (excluding diaryl/α,β-unsaturated/α-hetero) is 1. The van der Waals surface area contributed by atoms with Crippen LogP contribution in [0, 0.1) is 0 Å². The lowest BCUT2D eigenvalue weighted by molar-refractivity contribution is -0.133. The Bertz CT molecular complexity index is 846. The van der Waals surface area contributed by atoms with E-state index in [1.54, 1.807) is 11.3 Å². The third kappa shape index (κ3) is 2.25. The van der Waals surface area contributed by atoms with Crippen LogP contribution in [-0.2, 0) is 11.2 Å². The van der Waals surface area contributed by atoms with E-state index in [0.717, 1.165) is 24.8 Å². The Morgan fingerprint density at radius 2 is 2.16 bits per heavy atom. The first-order valence-corrected chi connectivity index (χ1v) is 9.74. The van der Waals surface area contributed by atoms with Crippen LogP contribution in [0.5, 0.6) is 5.75 Å². The number of nitrogens with zero attached hydrogens (tertiary/aromatic N) is 1. The summed E-state index contributed by atoms with van der Waals surface area (Å²) in [5.41, 5.74) is 1.21. The van der Waals surface area contributed by atoms with Crippen LogP contribution in [0.15, 0.2) is 41.1 Å². The third-order valence-electron chi connectivity index (χ3n) is 5.87. The normalized spacial score (nSPS) is 29.8. The van der Waals surface area contributed by atoms with Gasteiger partial charge in [0.05, 0.1) is 24.4 Å². The Kier molecular flexibility index (Phi) is 3.29. The molecule has 0 aliphatic carbocycles. The number of hydrogen-bond donors (Lipinski definition) is 0. The van der Waals surface area contributed by atoms with E-state index >= 15 is 0 Å². The van der Waals surface area contributed by atoms with Crippen LogP contribution >= 0.6 is 11.3 Å². The number of carbonyl (C=O) groups excluding carboxylic acids is 2. The number of ether oxygens (including phenoxy) is 1. The molecule has 3 aliphatic heterocycles. The Hall–Kier alpha value is -2.14. The summed E-state index contributed by atoms with van der Waals surface area (Å²) >= 11 is 1.62. The van der Waals surface area contributed by atoms with Crippen molar-refractivity contribution in [1.29, 1.82) is 0 Å². The average molecular weight is 353 g/mol. The Morgan fingerprint density at radius 1 is 1.28 bits per heavy atom. The summed E-state index contributed by atoms with van der Waals surface area (Å²) in [6.45, 7) is 0. The third-order valence-corrected chi connectivity index (χ3v) is 6.61. The van der Waals surface area contributed by atoms with Crippen LogP contribution in [0.25, 0.3) is 0 Å². The monoisotopic (exact) mass is 353 g/mol. The molecule has 4 nitrogen and oxygen atoms in total. The summed E-state index contributed by atoms with van der Waals surface area (Å²) in [5.74, 6) is 0.980. The zero-order chi connectivity index (χ0) is 17.0. The zero-order valence-corrected chi connectivity index (χ0v) is 14.6. The summed E-state index contributed by atoms with van der Waals surface area (Å²) in [4.78, 5) is 27.6. The molecule has 128 valence electrons. The highest BCUT2D eigenvalue weighted by Gasteiger charge is 2.61. The average Bonchev–Trinajstić information content (AvgIpc) is 3.30. The lowest BCUT2D eigenvalue weighted by Gasteiger charge is -2.40. The van der Waals surface area contributed by atoms with Gasteiger partial charge in [0, 0.05) is 12.5 Å². The van der Waals surface area contributed by atoms with Gasteiger partial charge in [0.25, 0.3) is 0 Å². The minimum atomic E-state index is -0.529. The van der Waals surface area contributed by atoms with Gasteiger partial charge < -0.3 is 9.64 Å². The van der Waals surface area contributed by atoms with Crippen molar-refractivity contribution in [2.24, 2.45) is 0 Å². The van der Waals surface area contributed by atoms with Crippen molar-refractivity contribution in [2.45, 2.75) is 49.8 Å². The number of fused-ring (bicyclic) bond motifs is 4. The number of amides is 1. The van der Waals surface area contributed by atoms with Gasteiger partial charge in [-0.3, -0.25) is 9.59 Å². The number of thiophene rings is 1. The summed E-state index contributed by atoms with van der Waals surface area (Å²) in [5, 5.41) is 4.03. The molecule has 0 N–H and O–H groups in total. The molecule has 5 rings (SSSR count). The largest absolute Gasteiger partial charge is 0.484 e. The first-order valence-electron chi connectivity index (χ1n) is 8.80. The van der Waals surface area contributed by atoms with Crippen molar-refractivity contribution in [3.8, 4) is 5.75 Å². The van der Waals surface area contributed by atoms with E-state index < -0.39 is 5.60 Å². The molecule has 1 spiro atoms. The van der Waals surface area contributed by atoms with E-state index in [1.165, 1.54) is 0 Å². The highest BCUT2D eigenvalue weighted by atomic mass is 32.1. The molecule has 2 fully saturated rings. The molecular formula is C20H19NO3S. The van der Waals surface area contributed by atoms with Gasteiger partial charge in [-0.05, 0) is 47.4 Å². The van der Waals surface area contributed by atoms with Crippen molar-refractivity contribution in [1.82, 2.24) is 4.90 Å². The zero-order valence-electron chi connectivity index (χ0n) is 13.8. The van der Waals surface area contributed by atoms with E-state index in [9.17, 15) is 9.59 Å². The molecule has 2 aromatic rings. The fraction of sp³-hybridized carbons (Fsp3) is 0.400. The predicted molar refractivity (Wildman–Crippen MR) is 95.0 cm³/mol. The SMILES string of the molecule is O=C1C[C@@]2(C[C@H]3CC[C@H]2N3C(=O)Cc2ccsc2)Oc2ccccc21. The molecule has 3 aliphatic rings. The number of hydrogen-bond acceptors (Lipinski definition) is 4.